The van der Waals surface area contributed by atoms with Gasteiger partial charge in [-0.2, -0.15) is 5.10 Å². The van der Waals surface area contributed by atoms with Crippen molar-refractivity contribution in [2.24, 2.45) is 0 Å². The van der Waals surface area contributed by atoms with Crippen LogP contribution in [0.15, 0.2) is 46.9 Å². The Morgan fingerprint density at radius 3 is 2.74 bits per heavy atom. The first-order chi connectivity index (χ1) is 11.2. The molecule has 2 N–H and O–H groups in total. The Labute approximate surface area is 136 Å². The van der Waals surface area contributed by atoms with E-state index < -0.39 is 0 Å². The van der Waals surface area contributed by atoms with Gasteiger partial charge in [-0.3, -0.25) is 5.10 Å². The Morgan fingerprint density at radius 2 is 1.96 bits per heavy atom. The van der Waals surface area contributed by atoms with Gasteiger partial charge in [-0.05, 0) is 19.1 Å². The average molecular weight is 326 g/mol. The molecule has 0 atom stereocenters. The summed E-state index contributed by atoms with van der Waals surface area (Å²) >= 11 is 6.11. The van der Waals surface area contributed by atoms with E-state index in [9.17, 15) is 0 Å². The van der Waals surface area contributed by atoms with E-state index in [0.29, 0.717) is 28.4 Å². The van der Waals surface area contributed by atoms with Crippen LogP contribution in [-0.2, 0) is 0 Å². The van der Waals surface area contributed by atoms with Gasteiger partial charge in [-0.1, -0.05) is 29.8 Å². The molecule has 0 aliphatic heterocycles. The van der Waals surface area contributed by atoms with E-state index in [2.05, 4.69) is 25.5 Å². The fraction of sp³-hybridized carbons (Fsp3) is 0.0625. The van der Waals surface area contributed by atoms with E-state index in [0.717, 1.165) is 16.7 Å². The maximum absolute atomic E-state index is 6.11. The first-order valence-corrected chi connectivity index (χ1v) is 7.38. The van der Waals surface area contributed by atoms with Crippen LogP contribution < -0.4 is 5.32 Å². The van der Waals surface area contributed by atoms with Crippen LogP contribution in [0, 0.1) is 6.92 Å². The maximum atomic E-state index is 6.11. The third-order valence-corrected chi connectivity index (χ3v) is 3.50. The Hall–Kier alpha value is -2.86. The second-order valence-corrected chi connectivity index (χ2v) is 5.50. The van der Waals surface area contributed by atoms with Crippen LogP contribution in [0.4, 0.5) is 11.6 Å². The lowest BCUT2D eigenvalue weighted by molar-refractivity contribution is 0.625. The number of nitrogens with zero attached hydrogens (tertiary/aromatic N) is 3. The summed E-state index contributed by atoms with van der Waals surface area (Å²) in [7, 11) is 0. The highest BCUT2D eigenvalue weighted by Crippen LogP contribution is 2.27. The van der Waals surface area contributed by atoms with Gasteiger partial charge in [-0.25, -0.2) is 9.97 Å². The SMILES string of the molecule is Cc1cc(Nc2cc(Cl)nc(-c3cc4ccccc4o3)n2)n[nH]1. The number of furan rings is 1. The number of hydrogen-bond acceptors (Lipinski definition) is 5. The molecule has 114 valence electrons. The summed E-state index contributed by atoms with van der Waals surface area (Å²) in [6, 6.07) is 13.1. The third-order valence-electron chi connectivity index (χ3n) is 3.30. The number of halogens is 1. The molecule has 0 saturated heterocycles. The lowest BCUT2D eigenvalue weighted by Crippen LogP contribution is -1.97. The average Bonchev–Trinajstić information content (AvgIpc) is 3.12. The molecule has 0 aliphatic rings. The van der Waals surface area contributed by atoms with Gasteiger partial charge >= 0.3 is 0 Å². The zero-order valence-corrected chi connectivity index (χ0v) is 12.9. The minimum Gasteiger partial charge on any atom is -0.453 e. The summed E-state index contributed by atoms with van der Waals surface area (Å²) in [5.41, 5.74) is 1.73. The van der Waals surface area contributed by atoms with Crippen molar-refractivity contribution in [3.63, 3.8) is 0 Å². The quantitative estimate of drug-likeness (QED) is 0.548. The largest absolute Gasteiger partial charge is 0.453 e. The lowest BCUT2D eigenvalue weighted by atomic mass is 10.2. The lowest BCUT2D eigenvalue weighted by Gasteiger charge is -2.04. The van der Waals surface area contributed by atoms with Crippen molar-refractivity contribution in [1.82, 2.24) is 20.2 Å². The number of para-hydroxylation sites is 1. The van der Waals surface area contributed by atoms with Crippen molar-refractivity contribution in [3.05, 3.63) is 53.3 Å². The smallest absolute Gasteiger partial charge is 0.199 e. The van der Waals surface area contributed by atoms with Crippen LogP contribution >= 0.6 is 11.6 Å². The number of aryl methyl sites for hydroxylation is 1. The molecule has 0 radical (unpaired) electrons. The van der Waals surface area contributed by atoms with Crippen LogP contribution in [0.3, 0.4) is 0 Å². The number of hydrogen-bond donors (Lipinski definition) is 2. The van der Waals surface area contributed by atoms with E-state index in [1.165, 1.54) is 0 Å². The Morgan fingerprint density at radius 1 is 1.09 bits per heavy atom. The number of rotatable bonds is 3. The molecule has 23 heavy (non-hydrogen) atoms. The molecule has 1 aromatic carbocycles. The maximum Gasteiger partial charge on any atom is 0.199 e. The first kappa shape index (κ1) is 13.8. The van der Waals surface area contributed by atoms with E-state index in [1.807, 2.05) is 43.3 Å². The van der Waals surface area contributed by atoms with E-state index in [4.69, 9.17) is 16.0 Å². The Bertz CT molecular complexity index is 958. The van der Waals surface area contributed by atoms with Crippen molar-refractivity contribution < 1.29 is 4.42 Å². The van der Waals surface area contributed by atoms with E-state index >= 15 is 0 Å². The minimum absolute atomic E-state index is 0.324. The van der Waals surface area contributed by atoms with Gasteiger partial charge in [0, 0.05) is 23.2 Å². The fourth-order valence-electron chi connectivity index (χ4n) is 2.30. The molecule has 0 unspecified atom stereocenters. The molecule has 0 spiro atoms. The summed E-state index contributed by atoms with van der Waals surface area (Å²) < 4.78 is 5.79. The molecule has 0 bridgehead atoms. The van der Waals surface area contributed by atoms with Crippen molar-refractivity contribution in [2.45, 2.75) is 6.92 Å². The zero-order chi connectivity index (χ0) is 15.8. The molecule has 4 aromatic rings. The van der Waals surface area contributed by atoms with Gasteiger partial charge < -0.3 is 9.73 Å². The summed E-state index contributed by atoms with van der Waals surface area (Å²) in [4.78, 5) is 8.69. The summed E-state index contributed by atoms with van der Waals surface area (Å²) in [6.45, 7) is 1.92. The van der Waals surface area contributed by atoms with Gasteiger partial charge in [-0.15, -0.1) is 0 Å². The third kappa shape index (κ3) is 2.76. The zero-order valence-electron chi connectivity index (χ0n) is 12.2. The van der Waals surface area contributed by atoms with Gasteiger partial charge in [0.05, 0.1) is 0 Å². The molecule has 3 aromatic heterocycles. The monoisotopic (exact) mass is 325 g/mol. The first-order valence-electron chi connectivity index (χ1n) is 7.00. The van der Waals surface area contributed by atoms with Crippen LogP contribution in [0.25, 0.3) is 22.6 Å². The molecule has 6 nitrogen and oxygen atoms in total. The Balaban J connectivity index is 1.73. The number of aromatic nitrogens is 4. The molecule has 7 heteroatoms. The summed E-state index contributed by atoms with van der Waals surface area (Å²) in [6.07, 6.45) is 0. The standard InChI is InChI=1S/C16H12ClN5O/c1-9-6-15(22-21-9)19-14-8-13(17)18-16(20-14)12-7-10-4-2-3-5-11(10)23-12/h2-8H,1H3,(H2,18,19,20,21,22). The normalized spacial score (nSPS) is 11.0. The number of H-pyrrole nitrogens is 1. The van der Waals surface area contributed by atoms with Gasteiger partial charge in [0.2, 0.25) is 0 Å². The van der Waals surface area contributed by atoms with Crippen molar-refractivity contribution >= 4 is 34.2 Å². The molecule has 3 heterocycles. The van der Waals surface area contributed by atoms with Crippen molar-refractivity contribution in [3.8, 4) is 11.6 Å². The molecular weight excluding hydrogens is 314 g/mol. The minimum atomic E-state index is 0.324. The predicted octanol–water partition coefficient (Wildman–Crippen LogP) is 4.32. The summed E-state index contributed by atoms with van der Waals surface area (Å²) in [5, 5.41) is 11.4. The molecule has 4 rings (SSSR count). The highest BCUT2D eigenvalue weighted by Gasteiger charge is 2.12. The van der Waals surface area contributed by atoms with Crippen molar-refractivity contribution in [2.75, 3.05) is 5.32 Å². The Kier molecular flexibility index (Phi) is 3.24. The predicted molar refractivity (Wildman–Crippen MR) is 88.9 cm³/mol. The van der Waals surface area contributed by atoms with E-state index in [1.54, 1.807) is 6.07 Å². The highest BCUT2D eigenvalue weighted by atomic mass is 35.5. The molecular formula is C16H12ClN5O. The van der Waals surface area contributed by atoms with Gasteiger partial charge in [0.15, 0.2) is 17.4 Å². The number of anilines is 2. The second kappa shape index (κ2) is 5.40. The van der Waals surface area contributed by atoms with Crippen molar-refractivity contribution in [1.29, 1.82) is 0 Å². The fourth-order valence-corrected chi connectivity index (χ4v) is 2.48. The molecule has 0 saturated carbocycles. The molecule has 0 aliphatic carbocycles. The molecule has 0 fully saturated rings. The number of aromatic amines is 1. The van der Waals surface area contributed by atoms with Crippen LogP contribution in [-0.4, -0.2) is 20.2 Å². The van der Waals surface area contributed by atoms with Crippen LogP contribution in [0.2, 0.25) is 5.15 Å². The van der Waals surface area contributed by atoms with Crippen LogP contribution in [0.5, 0.6) is 0 Å². The van der Waals surface area contributed by atoms with Gasteiger partial charge in [0.1, 0.15) is 16.6 Å². The van der Waals surface area contributed by atoms with Gasteiger partial charge in [0.25, 0.3) is 0 Å². The van der Waals surface area contributed by atoms with E-state index in [-0.39, 0.29) is 0 Å². The topological polar surface area (TPSA) is 79.6 Å². The highest BCUT2D eigenvalue weighted by molar-refractivity contribution is 6.29. The number of benzene rings is 1. The number of nitrogens with one attached hydrogen (secondary N) is 2. The molecule has 0 amide bonds. The number of fused-ring (bicyclic) bond motifs is 1. The van der Waals surface area contributed by atoms with Crippen LogP contribution in [0.1, 0.15) is 5.69 Å². The summed E-state index contributed by atoms with van der Waals surface area (Å²) in [5.74, 6) is 2.19. The second-order valence-electron chi connectivity index (χ2n) is 5.11.